The van der Waals surface area contributed by atoms with Gasteiger partial charge < -0.3 is 9.88 Å². The molecule has 24 heavy (non-hydrogen) atoms. The number of aromatic nitrogens is 3. The average molecular weight is 327 g/mol. The first-order valence-corrected chi connectivity index (χ1v) is 8.13. The summed E-state index contributed by atoms with van der Waals surface area (Å²) in [6.07, 6.45) is 7.43. The Morgan fingerprint density at radius 1 is 1.12 bits per heavy atom. The van der Waals surface area contributed by atoms with Gasteiger partial charge in [-0.2, -0.15) is 0 Å². The molecule has 1 aliphatic rings. The van der Waals surface area contributed by atoms with E-state index < -0.39 is 0 Å². The highest BCUT2D eigenvalue weighted by Crippen LogP contribution is 2.09. The number of rotatable bonds is 4. The van der Waals surface area contributed by atoms with Crippen molar-refractivity contribution in [2.24, 2.45) is 0 Å². The Balaban J connectivity index is 1.56. The average Bonchev–Trinajstić information content (AvgIpc) is 2.83. The van der Waals surface area contributed by atoms with Gasteiger partial charge in [-0.05, 0) is 24.1 Å². The van der Waals surface area contributed by atoms with Crippen molar-refractivity contribution in [3.8, 4) is 0 Å². The first-order chi connectivity index (χ1) is 11.7. The van der Waals surface area contributed by atoms with Crippen molar-refractivity contribution in [3.63, 3.8) is 0 Å². The maximum atomic E-state index is 12.5. The van der Waals surface area contributed by atoms with Crippen molar-refractivity contribution in [2.45, 2.75) is 19.4 Å². The summed E-state index contributed by atoms with van der Waals surface area (Å²) in [5, 5.41) is 0. The number of amides is 1. The van der Waals surface area contributed by atoms with Gasteiger partial charge >= 0.3 is 0 Å². The maximum Gasteiger partial charge on any atom is 0.254 e. The van der Waals surface area contributed by atoms with Crippen LogP contribution in [0.1, 0.15) is 17.5 Å². The number of hydrogen-bond acceptors (Lipinski definition) is 5. The van der Waals surface area contributed by atoms with E-state index in [1.807, 2.05) is 17.0 Å². The lowest BCUT2D eigenvalue weighted by atomic mass is 10.2. The molecule has 0 unspecified atom stereocenters. The standard InChI is InChI=1S/C17H21N5O2/c23-16(10-15-11-19-13-20-17(15)24)22-7-1-6-21(8-9-22)12-14-2-4-18-5-3-14/h2-5,11,13H,1,6-10,12H2,(H,19,20,24). The monoisotopic (exact) mass is 327 g/mol. The van der Waals surface area contributed by atoms with Crippen LogP contribution in [0.3, 0.4) is 0 Å². The van der Waals surface area contributed by atoms with E-state index in [9.17, 15) is 9.59 Å². The molecule has 1 fully saturated rings. The summed E-state index contributed by atoms with van der Waals surface area (Å²) >= 11 is 0. The number of nitrogens with zero attached hydrogens (tertiary/aromatic N) is 4. The molecule has 0 saturated carbocycles. The molecular weight excluding hydrogens is 306 g/mol. The predicted molar refractivity (Wildman–Crippen MR) is 89.3 cm³/mol. The second-order valence-electron chi connectivity index (χ2n) is 5.95. The van der Waals surface area contributed by atoms with E-state index in [0.29, 0.717) is 12.1 Å². The predicted octanol–water partition coefficient (Wildman–Crippen LogP) is 0.442. The van der Waals surface area contributed by atoms with Gasteiger partial charge in [-0.1, -0.05) is 0 Å². The molecule has 7 nitrogen and oxygen atoms in total. The Morgan fingerprint density at radius 3 is 2.75 bits per heavy atom. The molecule has 0 aromatic carbocycles. The SMILES string of the molecule is O=C(Cc1cnc[nH]c1=O)N1CCCN(Cc2ccncc2)CC1. The smallest absolute Gasteiger partial charge is 0.254 e. The molecule has 0 bridgehead atoms. The van der Waals surface area contributed by atoms with Crippen molar-refractivity contribution < 1.29 is 4.79 Å². The van der Waals surface area contributed by atoms with Crippen LogP contribution in [0.5, 0.6) is 0 Å². The van der Waals surface area contributed by atoms with E-state index in [-0.39, 0.29) is 17.9 Å². The van der Waals surface area contributed by atoms with Crippen molar-refractivity contribution in [1.82, 2.24) is 24.8 Å². The summed E-state index contributed by atoms with van der Waals surface area (Å²) in [4.78, 5) is 38.8. The van der Waals surface area contributed by atoms with Crippen molar-refractivity contribution in [3.05, 3.63) is 58.5 Å². The maximum absolute atomic E-state index is 12.5. The summed E-state index contributed by atoms with van der Waals surface area (Å²) in [5.74, 6) is -0.0146. The van der Waals surface area contributed by atoms with E-state index in [2.05, 4.69) is 19.9 Å². The van der Waals surface area contributed by atoms with E-state index in [4.69, 9.17) is 0 Å². The van der Waals surface area contributed by atoms with Crippen LogP contribution in [0.2, 0.25) is 0 Å². The number of carbonyl (C=O) groups excluding carboxylic acids is 1. The van der Waals surface area contributed by atoms with Gasteiger partial charge in [-0.3, -0.25) is 19.5 Å². The lowest BCUT2D eigenvalue weighted by Crippen LogP contribution is -2.37. The first kappa shape index (κ1) is 16.3. The van der Waals surface area contributed by atoms with E-state index in [1.165, 1.54) is 18.1 Å². The zero-order chi connectivity index (χ0) is 16.8. The van der Waals surface area contributed by atoms with Gasteiger partial charge in [0.25, 0.3) is 5.56 Å². The van der Waals surface area contributed by atoms with Crippen LogP contribution in [-0.4, -0.2) is 56.8 Å². The highest BCUT2D eigenvalue weighted by molar-refractivity contribution is 5.78. The second kappa shape index (κ2) is 7.83. The molecule has 0 radical (unpaired) electrons. The van der Waals surface area contributed by atoms with Gasteiger partial charge in [0.05, 0.1) is 12.7 Å². The number of hydrogen-bond donors (Lipinski definition) is 1. The zero-order valence-electron chi connectivity index (χ0n) is 13.5. The number of aromatic amines is 1. The van der Waals surface area contributed by atoms with Gasteiger partial charge in [0, 0.05) is 56.9 Å². The molecule has 1 N–H and O–H groups in total. The van der Waals surface area contributed by atoms with Gasteiger partial charge in [0.15, 0.2) is 0 Å². The molecule has 3 heterocycles. The molecule has 2 aromatic heterocycles. The van der Waals surface area contributed by atoms with Crippen LogP contribution < -0.4 is 5.56 Å². The van der Waals surface area contributed by atoms with Crippen LogP contribution in [0.25, 0.3) is 0 Å². The second-order valence-corrected chi connectivity index (χ2v) is 5.95. The molecule has 3 rings (SSSR count). The summed E-state index contributed by atoms with van der Waals surface area (Å²) in [6, 6.07) is 4.03. The topological polar surface area (TPSA) is 82.2 Å². The fraction of sp³-hybridized carbons (Fsp3) is 0.412. The largest absolute Gasteiger partial charge is 0.341 e. The summed E-state index contributed by atoms with van der Waals surface area (Å²) in [7, 11) is 0. The van der Waals surface area contributed by atoms with Crippen LogP contribution in [0, 0.1) is 0 Å². The van der Waals surface area contributed by atoms with Crippen LogP contribution in [0.15, 0.2) is 41.8 Å². The third-order valence-corrected chi connectivity index (χ3v) is 4.23. The summed E-state index contributed by atoms with van der Waals surface area (Å²) in [5.41, 5.74) is 1.40. The highest BCUT2D eigenvalue weighted by atomic mass is 16.2. The van der Waals surface area contributed by atoms with Crippen LogP contribution in [-0.2, 0) is 17.8 Å². The quantitative estimate of drug-likeness (QED) is 0.881. The van der Waals surface area contributed by atoms with Crippen LogP contribution in [0.4, 0.5) is 0 Å². The van der Waals surface area contributed by atoms with E-state index in [1.54, 1.807) is 12.4 Å². The normalized spacial score (nSPS) is 15.9. The molecule has 2 aromatic rings. The van der Waals surface area contributed by atoms with Gasteiger partial charge in [-0.25, -0.2) is 4.98 Å². The Hall–Kier alpha value is -2.54. The molecule has 0 atom stereocenters. The number of nitrogens with one attached hydrogen (secondary N) is 1. The van der Waals surface area contributed by atoms with Gasteiger partial charge in [0.1, 0.15) is 0 Å². The fourth-order valence-corrected chi connectivity index (χ4v) is 2.90. The summed E-state index contributed by atoms with van der Waals surface area (Å²) in [6.45, 7) is 4.07. The molecule has 1 aliphatic heterocycles. The molecule has 1 saturated heterocycles. The third kappa shape index (κ3) is 4.26. The Kier molecular flexibility index (Phi) is 5.32. The van der Waals surface area contributed by atoms with E-state index in [0.717, 1.165) is 32.6 Å². The minimum Gasteiger partial charge on any atom is -0.341 e. The molecule has 126 valence electrons. The third-order valence-electron chi connectivity index (χ3n) is 4.23. The number of carbonyl (C=O) groups is 1. The molecule has 0 spiro atoms. The molecule has 1 amide bonds. The molecular formula is C17H21N5O2. The molecule has 7 heteroatoms. The fourth-order valence-electron chi connectivity index (χ4n) is 2.90. The number of H-pyrrole nitrogens is 1. The highest BCUT2D eigenvalue weighted by Gasteiger charge is 2.20. The van der Waals surface area contributed by atoms with Crippen molar-refractivity contribution in [1.29, 1.82) is 0 Å². The van der Waals surface area contributed by atoms with E-state index >= 15 is 0 Å². The minimum absolute atomic E-state index is 0.0146. The Morgan fingerprint density at radius 2 is 1.96 bits per heavy atom. The summed E-state index contributed by atoms with van der Waals surface area (Å²) < 4.78 is 0. The van der Waals surface area contributed by atoms with Crippen molar-refractivity contribution in [2.75, 3.05) is 26.2 Å². The zero-order valence-corrected chi connectivity index (χ0v) is 13.5. The lowest BCUT2D eigenvalue weighted by molar-refractivity contribution is -0.130. The minimum atomic E-state index is -0.243. The van der Waals surface area contributed by atoms with Gasteiger partial charge in [0.2, 0.25) is 5.91 Å². The Labute approximate surface area is 140 Å². The van der Waals surface area contributed by atoms with Crippen LogP contribution >= 0.6 is 0 Å². The first-order valence-electron chi connectivity index (χ1n) is 8.13. The lowest BCUT2D eigenvalue weighted by Gasteiger charge is -2.22. The number of pyridine rings is 1. The van der Waals surface area contributed by atoms with Crippen molar-refractivity contribution >= 4 is 5.91 Å². The Bertz CT molecular complexity index is 731. The van der Waals surface area contributed by atoms with Gasteiger partial charge in [-0.15, -0.1) is 0 Å². The molecule has 0 aliphatic carbocycles.